The van der Waals surface area contributed by atoms with Gasteiger partial charge in [0.1, 0.15) is 11.4 Å². The van der Waals surface area contributed by atoms with Gasteiger partial charge in [-0.1, -0.05) is 6.07 Å². The molecule has 1 aliphatic heterocycles. The van der Waals surface area contributed by atoms with Gasteiger partial charge in [0.2, 0.25) is 0 Å². The van der Waals surface area contributed by atoms with E-state index in [0.717, 1.165) is 22.6 Å². The minimum absolute atomic E-state index is 0.0633. The Morgan fingerprint density at radius 3 is 2.64 bits per heavy atom. The summed E-state index contributed by atoms with van der Waals surface area (Å²) in [5.74, 6) is 0.0693. The topological polar surface area (TPSA) is 112 Å². The van der Waals surface area contributed by atoms with Gasteiger partial charge in [-0.3, -0.25) is 19.9 Å². The van der Waals surface area contributed by atoms with Crippen LogP contribution in [0, 0.1) is 24.0 Å². The number of rotatable bonds is 8. The van der Waals surface area contributed by atoms with E-state index in [1.807, 2.05) is 47.6 Å². The largest absolute Gasteiger partial charge is 0.496 e. The fraction of sp³-hybridized carbons (Fsp3) is 0.320. The lowest BCUT2D eigenvalue weighted by molar-refractivity contribution is -0.384. The van der Waals surface area contributed by atoms with Crippen molar-refractivity contribution in [1.82, 2.24) is 19.8 Å². The molecule has 0 radical (unpaired) electrons. The lowest BCUT2D eigenvalue weighted by Crippen LogP contribution is -2.32. The predicted molar refractivity (Wildman–Crippen MR) is 137 cm³/mol. The Labute approximate surface area is 214 Å². The number of ether oxygens (including phenoxy) is 2. The van der Waals surface area contributed by atoms with Crippen molar-refractivity contribution in [1.29, 1.82) is 0 Å². The molecule has 0 unspecified atom stereocenters. The van der Waals surface area contributed by atoms with E-state index in [1.54, 1.807) is 18.3 Å². The van der Waals surface area contributed by atoms with Crippen molar-refractivity contribution in [3.63, 3.8) is 0 Å². The van der Waals surface area contributed by atoms with Crippen molar-refractivity contribution in [3.05, 3.63) is 81.4 Å². The Hall–Kier alpha value is -3.99. The number of methoxy groups -OCH3 is 2. The Bertz CT molecular complexity index is 1310. The smallest absolute Gasteiger partial charge is 0.307 e. The second-order valence-corrected chi connectivity index (χ2v) is 8.81. The molecule has 188 valence electrons. The number of thiocarbonyl (C=S) groups is 1. The molecule has 1 aromatic carbocycles. The summed E-state index contributed by atoms with van der Waals surface area (Å²) in [4.78, 5) is 29.9. The zero-order chi connectivity index (χ0) is 26.0. The monoisotopic (exact) mass is 509 g/mol. The van der Waals surface area contributed by atoms with Gasteiger partial charge in [0.25, 0.3) is 5.69 Å². The number of hydrogen-bond acceptors (Lipinski definition) is 7. The highest BCUT2D eigenvalue weighted by atomic mass is 32.1. The van der Waals surface area contributed by atoms with E-state index in [4.69, 9.17) is 21.7 Å². The molecule has 1 fully saturated rings. The molecule has 0 bridgehead atoms. The third-order valence-corrected chi connectivity index (χ3v) is 6.74. The highest BCUT2D eigenvalue weighted by Crippen LogP contribution is 2.42. The van der Waals surface area contributed by atoms with E-state index in [9.17, 15) is 14.9 Å². The van der Waals surface area contributed by atoms with Crippen LogP contribution in [0.15, 0.2) is 48.7 Å². The van der Waals surface area contributed by atoms with Gasteiger partial charge in [-0.25, -0.2) is 0 Å². The molecule has 4 rings (SSSR count). The predicted octanol–water partition coefficient (Wildman–Crippen LogP) is 3.94. The van der Waals surface area contributed by atoms with Crippen molar-refractivity contribution < 1.29 is 19.2 Å². The number of hydrogen-bond donors (Lipinski definition) is 1. The lowest BCUT2D eigenvalue weighted by atomic mass is 9.96. The standard InChI is InChI=1S/C25H27N5O5S/c1-15-13-18(16(2)29(15)20-9-8-17(34-3)14-21(20)30(32)33)24-23(19-7-5-6-11-26-19)27-25(36)28(24)12-10-22(31)35-4/h5-9,11,13-14,23-24H,10,12H2,1-4H3,(H,27,36)/t23-,24+/m1/s1. The van der Waals surface area contributed by atoms with Crippen molar-refractivity contribution in [2.24, 2.45) is 0 Å². The fourth-order valence-corrected chi connectivity index (χ4v) is 5.05. The number of nitrogens with zero attached hydrogens (tertiary/aromatic N) is 4. The highest BCUT2D eigenvalue weighted by molar-refractivity contribution is 7.80. The molecule has 3 heterocycles. The van der Waals surface area contributed by atoms with E-state index in [2.05, 4.69) is 10.3 Å². The summed E-state index contributed by atoms with van der Waals surface area (Å²) in [6.45, 7) is 4.17. The van der Waals surface area contributed by atoms with E-state index in [1.165, 1.54) is 20.3 Å². The molecule has 10 nitrogen and oxygen atoms in total. The number of benzene rings is 1. The van der Waals surface area contributed by atoms with Gasteiger partial charge in [0.15, 0.2) is 5.11 Å². The van der Waals surface area contributed by atoms with Crippen LogP contribution >= 0.6 is 12.2 Å². The molecule has 0 amide bonds. The first-order valence-electron chi connectivity index (χ1n) is 11.3. The summed E-state index contributed by atoms with van der Waals surface area (Å²) in [6, 6.07) is 11.9. The summed E-state index contributed by atoms with van der Waals surface area (Å²) < 4.78 is 11.9. The molecule has 0 aliphatic carbocycles. The molecule has 1 N–H and O–H groups in total. The van der Waals surface area contributed by atoms with Crippen LogP contribution in [0.1, 0.15) is 41.1 Å². The number of nitrogens with one attached hydrogen (secondary N) is 1. The van der Waals surface area contributed by atoms with Gasteiger partial charge < -0.3 is 24.3 Å². The van der Waals surface area contributed by atoms with Crippen LogP contribution in [0.25, 0.3) is 5.69 Å². The van der Waals surface area contributed by atoms with Gasteiger partial charge in [0, 0.05) is 24.1 Å². The van der Waals surface area contributed by atoms with Gasteiger partial charge in [-0.15, -0.1) is 0 Å². The average Bonchev–Trinajstić information content (AvgIpc) is 3.36. The van der Waals surface area contributed by atoms with Crippen molar-refractivity contribution in [3.8, 4) is 11.4 Å². The molecular weight excluding hydrogens is 482 g/mol. The zero-order valence-corrected chi connectivity index (χ0v) is 21.2. The minimum Gasteiger partial charge on any atom is -0.496 e. The van der Waals surface area contributed by atoms with Crippen molar-refractivity contribution in [2.45, 2.75) is 32.4 Å². The SMILES string of the molecule is COC(=O)CCN1C(=S)N[C@H](c2ccccn2)[C@@H]1c1cc(C)n(-c2ccc(OC)cc2[N+](=O)[O-])c1C. The summed E-state index contributed by atoms with van der Waals surface area (Å²) >= 11 is 5.67. The fourth-order valence-electron chi connectivity index (χ4n) is 4.72. The highest BCUT2D eigenvalue weighted by Gasteiger charge is 2.41. The molecule has 11 heteroatoms. The van der Waals surface area contributed by atoms with Crippen molar-refractivity contribution in [2.75, 3.05) is 20.8 Å². The van der Waals surface area contributed by atoms with Crippen LogP contribution in [0.3, 0.4) is 0 Å². The summed E-state index contributed by atoms with van der Waals surface area (Å²) in [7, 11) is 2.83. The third-order valence-electron chi connectivity index (χ3n) is 6.39. The number of carbonyl (C=O) groups excluding carboxylic acids is 1. The first-order valence-corrected chi connectivity index (χ1v) is 11.7. The maximum Gasteiger partial charge on any atom is 0.307 e. The molecule has 2 aromatic heterocycles. The first-order chi connectivity index (χ1) is 17.3. The molecule has 0 saturated carbocycles. The summed E-state index contributed by atoms with van der Waals surface area (Å²) in [6.07, 6.45) is 1.88. The maximum absolute atomic E-state index is 11.9. The number of nitro benzene ring substituents is 1. The number of esters is 1. The zero-order valence-electron chi connectivity index (χ0n) is 20.4. The quantitative estimate of drug-likeness (QED) is 0.209. The summed E-state index contributed by atoms with van der Waals surface area (Å²) in [5.41, 5.74) is 3.73. The van der Waals surface area contributed by atoms with E-state index >= 15 is 0 Å². The first kappa shape index (κ1) is 25.1. The summed E-state index contributed by atoms with van der Waals surface area (Å²) in [5, 5.41) is 15.8. The molecule has 1 saturated heterocycles. The number of pyridine rings is 1. The van der Waals surface area contributed by atoms with E-state index in [-0.39, 0.29) is 30.2 Å². The van der Waals surface area contributed by atoms with Gasteiger partial charge in [-0.2, -0.15) is 0 Å². The van der Waals surface area contributed by atoms with E-state index in [0.29, 0.717) is 23.1 Å². The number of nitro groups is 1. The molecule has 0 spiro atoms. The molecule has 1 aliphatic rings. The van der Waals surface area contributed by atoms with Crippen LogP contribution in [-0.4, -0.2) is 51.2 Å². The Morgan fingerprint density at radius 1 is 1.22 bits per heavy atom. The van der Waals surface area contributed by atoms with Crippen LogP contribution in [0.5, 0.6) is 5.75 Å². The third kappa shape index (κ3) is 4.61. The van der Waals surface area contributed by atoms with Gasteiger partial charge >= 0.3 is 5.97 Å². The Balaban J connectivity index is 1.84. The van der Waals surface area contributed by atoms with E-state index < -0.39 is 4.92 Å². The lowest BCUT2D eigenvalue weighted by Gasteiger charge is -2.28. The van der Waals surface area contributed by atoms with Crippen LogP contribution < -0.4 is 10.1 Å². The molecule has 3 aromatic rings. The second kappa shape index (κ2) is 10.3. The molecule has 36 heavy (non-hydrogen) atoms. The van der Waals surface area contributed by atoms with Crippen molar-refractivity contribution >= 4 is 29.0 Å². The number of carbonyl (C=O) groups is 1. The second-order valence-electron chi connectivity index (χ2n) is 8.42. The van der Waals surface area contributed by atoms with Gasteiger partial charge in [0.05, 0.1) is 49.4 Å². The Morgan fingerprint density at radius 2 is 2.00 bits per heavy atom. The average molecular weight is 510 g/mol. The van der Waals surface area contributed by atoms with Crippen LogP contribution in [0.4, 0.5) is 5.69 Å². The normalized spacial score (nSPS) is 17.1. The minimum atomic E-state index is -0.415. The van der Waals surface area contributed by atoms with Crippen LogP contribution in [-0.2, 0) is 9.53 Å². The number of aromatic nitrogens is 2. The Kier molecular flexibility index (Phi) is 7.20. The van der Waals surface area contributed by atoms with Gasteiger partial charge in [-0.05, 0) is 62.0 Å². The molecular formula is C25H27N5O5S. The molecule has 2 atom stereocenters. The number of aryl methyl sites for hydroxylation is 1. The maximum atomic E-state index is 11.9. The van der Waals surface area contributed by atoms with Crippen LogP contribution in [0.2, 0.25) is 0 Å².